The highest BCUT2D eigenvalue weighted by Gasteiger charge is 2.22. The van der Waals surface area contributed by atoms with Gasteiger partial charge in [0.1, 0.15) is 0 Å². The lowest BCUT2D eigenvalue weighted by Gasteiger charge is -2.06. The number of aliphatic hydroxyl groups is 1. The minimum Gasteiger partial charge on any atom is -0.396 e. The smallest absolute Gasteiger partial charge is 0.0433 e. The standard InChI is InChI=1S/C8H16O/c1-7(4-5-9)6-8-2-3-8/h7-9H,2-6H2,1H3. The highest BCUT2D eigenvalue weighted by molar-refractivity contribution is 4.74. The van der Waals surface area contributed by atoms with Crippen LogP contribution in [0.25, 0.3) is 0 Å². The Balaban J connectivity index is 1.95. The van der Waals surface area contributed by atoms with Crippen molar-refractivity contribution >= 4 is 0 Å². The maximum absolute atomic E-state index is 8.57. The molecule has 0 aromatic rings. The van der Waals surface area contributed by atoms with Gasteiger partial charge in [0.15, 0.2) is 0 Å². The molecule has 0 spiro atoms. The van der Waals surface area contributed by atoms with Crippen LogP contribution >= 0.6 is 0 Å². The molecular weight excluding hydrogens is 112 g/mol. The Morgan fingerprint density at radius 2 is 2.22 bits per heavy atom. The molecule has 0 amide bonds. The summed E-state index contributed by atoms with van der Waals surface area (Å²) in [5.74, 6) is 1.77. The Hall–Kier alpha value is -0.0400. The molecule has 1 saturated carbocycles. The molecule has 0 saturated heterocycles. The second kappa shape index (κ2) is 3.21. The maximum atomic E-state index is 8.57. The quantitative estimate of drug-likeness (QED) is 0.612. The Kier molecular flexibility index (Phi) is 2.52. The maximum Gasteiger partial charge on any atom is 0.0433 e. The average molecular weight is 128 g/mol. The Morgan fingerprint density at radius 3 is 2.67 bits per heavy atom. The van der Waals surface area contributed by atoms with Gasteiger partial charge in [0.05, 0.1) is 0 Å². The summed E-state index contributed by atoms with van der Waals surface area (Å²) in [4.78, 5) is 0. The van der Waals surface area contributed by atoms with E-state index in [0.717, 1.165) is 18.3 Å². The molecule has 1 aliphatic rings. The molecule has 9 heavy (non-hydrogen) atoms. The number of rotatable bonds is 4. The van der Waals surface area contributed by atoms with Crippen molar-refractivity contribution in [1.29, 1.82) is 0 Å². The largest absolute Gasteiger partial charge is 0.396 e. The Bertz CT molecular complexity index is 76.6. The van der Waals surface area contributed by atoms with Gasteiger partial charge < -0.3 is 5.11 Å². The van der Waals surface area contributed by atoms with E-state index < -0.39 is 0 Å². The van der Waals surface area contributed by atoms with Crippen LogP contribution in [0.1, 0.15) is 32.6 Å². The Labute approximate surface area is 57.1 Å². The van der Waals surface area contributed by atoms with Crippen LogP contribution in [-0.4, -0.2) is 11.7 Å². The van der Waals surface area contributed by atoms with Gasteiger partial charge in [-0.1, -0.05) is 19.8 Å². The summed E-state index contributed by atoms with van der Waals surface area (Å²) >= 11 is 0. The van der Waals surface area contributed by atoms with E-state index in [0.29, 0.717) is 6.61 Å². The van der Waals surface area contributed by atoms with Gasteiger partial charge >= 0.3 is 0 Å². The summed E-state index contributed by atoms with van der Waals surface area (Å²) < 4.78 is 0. The molecule has 1 unspecified atom stereocenters. The minimum absolute atomic E-state index is 0.369. The summed E-state index contributed by atoms with van der Waals surface area (Å²) in [6.45, 7) is 2.60. The van der Waals surface area contributed by atoms with E-state index in [-0.39, 0.29) is 0 Å². The molecule has 1 atom stereocenters. The Morgan fingerprint density at radius 1 is 1.56 bits per heavy atom. The van der Waals surface area contributed by atoms with E-state index in [2.05, 4.69) is 6.92 Å². The van der Waals surface area contributed by atoms with Crippen molar-refractivity contribution in [2.24, 2.45) is 11.8 Å². The van der Waals surface area contributed by atoms with Gasteiger partial charge in [-0.2, -0.15) is 0 Å². The third-order valence-electron chi connectivity index (χ3n) is 2.05. The van der Waals surface area contributed by atoms with Crippen LogP contribution in [0, 0.1) is 11.8 Å². The van der Waals surface area contributed by atoms with Crippen LogP contribution in [0.4, 0.5) is 0 Å². The van der Waals surface area contributed by atoms with Crippen molar-refractivity contribution in [3.8, 4) is 0 Å². The monoisotopic (exact) mass is 128 g/mol. The summed E-state index contributed by atoms with van der Waals surface area (Å²) in [6, 6.07) is 0. The van der Waals surface area contributed by atoms with Gasteiger partial charge in [-0.25, -0.2) is 0 Å². The zero-order valence-electron chi connectivity index (χ0n) is 6.14. The minimum atomic E-state index is 0.369. The molecule has 1 rings (SSSR count). The molecule has 1 N–H and O–H groups in total. The van der Waals surface area contributed by atoms with Gasteiger partial charge in [-0.3, -0.25) is 0 Å². The topological polar surface area (TPSA) is 20.2 Å². The van der Waals surface area contributed by atoms with Gasteiger partial charge in [0.2, 0.25) is 0 Å². The van der Waals surface area contributed by atoms with E-state index in [4.69, 9.17) is 5.11 Å². The van der Waals surface area contributed by atoms with Gasteiger partial charge in [0.25, 0.3) is 0 Å². The molecule has 0 bridgehead atoms. The first-order chi connectivity index (χ1) is 4.33. The van der Waals surface area contributed by atoms with E-state index in [1.807, 2.05) is 0 Å². The second-order valence-corrected chi connectivity index (χ2v) is 3.30. The van der Waals surface area contributed by atoms with Crippen molar-refractivity contribution in [3.05, 3.63) is 0 Å². The molecule has 1 nitrogen and oxygen atoms in total. The zero-order valence-corrected chi connectivity index (χ0v) is 6.14. The average Bonchev–Trinajstić information content (AvgIpc) is 2.50. The first kappa shape index (κ1) is 7.07. The zero-order chi connectivity index (χ0) is 6.69. The first-order valence-electron chi connectivity index (χ1n) is 3.93. The molecule has 0 aromatic heterocycles. The SMILES string of the molecule is CC(CCO)CC1CC1. The molecule has 0 heterocycles. The molecule has 0 aromatic carbocycles. The fraction of sp³-hybridized carbons (Fsp3) is 1.00. The highest BCUT2D eigenvalue weighted by atomic mass is 16.2. The van der Waals surface area contributed by atoms with Gasteiger partial charge in [-0.15, -0.1) is 0 Å². The van der Waals surface area contributed by atoms with Crippen molar-refractivity contribution < 1.29 is 5.11 Å². The summed E-state index contributed by atoms with van der Waals surface area (Å²) in [6.07, 6.45) is 5.22. The predicted octanol–water partition coefficient (Wildman–Crippen LogP) is 1.80. The van der Waals surface area contributed by atoms with Gasteiger partial charge in [0, 0.05) is 6.61 Å². The fourth-order valence-corrected chi connectivity index (χ4v) is 1.26. The summed E-state index contributed by atoms with van der Waals surface area (Å²) in [5, 5.41) is 8.57. The summed E-state index contributed by atoms with van der Waals surface area (Å²) in [7, 11) is 0. The fourth-order valence-electron chi connectivity index (χ4n) is 1.26. The third kappa shape index (κ3) is 2.85. The number of hydrogen-bond acceptors (Lipinski definition) is 1. The van der Waals surface area contributed by atoms with Crippen LogP contribution in [0.5, 0.6) is 0 Å². The predicted molar refractivity (Wildman–Crippen MR) is 38.2 cm³/mol. The van der Waals surface area contributed by atoms with Crippen molar-refractivity contribution in [2.45, 2.75) is 32.6 Å². The van der Waals surface area contributed by atoms with Crippen molar-refractivity contribution in [1.82, 2.24) is 0 Å². The lowest BCUT2D eigenvalue weighted by molar-refractivity contribution is 0.255. The van der Waals surface area contributed by atoms with E-state index in [9.17, 15) is 0 Å². The second-order valence-electron chi connectivity index (χ2n) is 3.30. The summed E-state index contributed by atoms with van der Waals surface area (Å²) in [5.41, 5.74) is 0. The number of aliphatic hydroxyl groups excluding tert-OH is 1. The molecule has 1 aliphatic carbocycles. The van der Waals surface area contributed by atoms with Crippen molar-refractivity contribution in [2.75, 3.05) is 6.61 Å². The molecule has 0 aliphatic heterocycles. The van der Waals surface area contributed by atoms with Crippen LogP contribution in [0.3, 0.4) is 0 Å². The van der Waals surface area contributed by atoms with Crippen molar-refractivity contribution in [3.63, 3.8) is 0 Å². The first-order valence-corrected chi connectivity index (χ1v) is 3.93. The molecule has 1 fully saturated rings. The molecular formula is C8H16O. The lowest BCUT2D eigenvalue weighted by atomic mass is 10.0. The lowest BCUT2D eigenvalue weighted by Crippen LogP contribution is -1.98. The molecule has 1 heteroatoms. The van der Waals surface area contributed by atoms with Crippen LogP contribution < -0.4 is 0 Å². The molecule has 0 radical (unpaired) electrons. The molecule has 54 valence electrons. The van der Waals surface area contributed by atoms with Crippen LogP contribution in [0.15, 0.2) is 0 Å². The van der Waals surface area contributed by atoms with E-state index in [1.165, 1.54) is 19.3 Å². The van der Waals surface area contributed by atoms with E-state index in [1.54, 1.807) is 0 Å². The number of hydrogen-bond donors (Lipinski definition) is 1. The van der Waals surface area contributed by atoms with Gasteiger partial charge in [-0.05, 0) is 24.7 Å². The highest BCUT2D eigenvalue weighted by Crippen LogP contribution is 2.35. The third-order valence-corrected chi connectivity index (χ3v) is 2.05. The normalized spacial score (nSPS) is 22.0. The van der Waals surface area contributed by atoms with Crippen LogP contribution in [0.2, 0.25) is 0 Å². The van der Waals surface area contributed by atoms with Crippen LogP contribution in [-0.2, 0) is 0 Å². The van der Waals surface area contributed by atoms with E-state index >= 15 is 0 Å².